The predicted octanol–water partition coefficient (Wildman–Crippen LogP) is 2.58. The molecule has 1 aromatic heterocycles. The van der Waals surface area contributed by atoms with Gasteiger partial charge < -0.3 is 10.6 Å². The van der Waals surface area contributed by atoms with Crippen LogP contribution in [0.4, 0.5) is 19.0 Å². The molecule has 0 bridgehead atoms. The quantitative estimate of drug-likeness (QED) is 0.912. The molecule has 0 spiro atoms. The molecule has 0 saturated heterocycles. The van der Waals surface area contributed by atoms with Crippen LogP contribution >= 0.6 is 11.6 Å². The summed E-state index contributed by atoms with van der Waals surface area (Å²) in [5, 5.41) is 0.360. The smallest absolute Gasteiger partial charge is 0.348 e. The molecule has 0 fully saturated rings. The molecule has 2 N–H and O–H groups in total. The number of anilines is 1. The van der Waals surface area contributed by atoms with Crippen molar-refractivity contribution in [3.63, 3.8) is 0 Å². The number of nitrogens with two attached hydrogens (primary N) is 1. The summed E-state index contributed by atoms with van der Waals surface area (Å²) in [6.07, 6.45) is -4.26. The maximum absolute atomic E-state index is 12.3. The number of halogens is 4. The Morgan fingerprint density at radius 1 is 1.41 bits per heavy atom. The SMILES string of the molecule is CCN(CC(F)(F)F)c1ccc(Cl)c(CN)n1. The highest BCUT2D eigenvalue weighted by Gasteiger charge is 2.30. The molecular weight excluding hydrogens is 255 g/mol. The zero-order chi connectivity index (χ0) is 13.1. The molecule has 0 atom stereocenters. The van der Waals surface area contributed by atoms with Gasteiger partial charge in [0.1, 0.15) is 12.4 Å². The van der Waals surface area contributed by atoms with Crippen molar-refractivity contribution in [2.75, 3.05) is 18.0 Å². The number of hydrogen-bond acceptors (Lipinski definition) is 3. The van der Waals surface area contributed by atoms with Gasteiger partial charge in [0.2, 0.25) is 0 Å². The van der Waals surface area contributed by atoms with Gasteiger partial charge >= 0.3 is 6.18 Å². The van der Waals surface area contributed by atoms with Gasteiger partial charge in [-0.1, -0.05) is 11.6 Å². The highest BCUT2D eigenvalue weighted by atomic mass is 35.5. The van der Waals surface area contributed by atoms with Crippen LogP contribution in [0.3, 0.4) is 0 Å². The van der Waals surface area contributed by atoms with Crippen molar-refractivity contribution >= 4 is 17.4 Å². The largest absolute Gasteiger partial charge is 0.405 e. The first-order valence-electron chi connectivity index (χ1n) is 5.04. The van der Waals surface area contributed by atoms with Crippen molar-refractivity contribution in [3.8, 4) is 0 Å². The first kappa shape index (κ1) is 14.1. The van der Waals surface area contributed by atoms with E-state index in [9.17, 15) is 13.2 Å². The van der Waals surface area contributed by atoms with Crippen molar-refractivity contribution in [2.45, 2.75) is 19.6 Å². The van der Waals surface area contributed by atoms with Crippen LogP contribution in [0.1, 0.15) is 12.6 Å². The van der Waals surface area contributed by atoms with Crippen molar-refractivity contribution in [1.29, 1.82) is 0 Å². The molecule has 7 heteroatoms. The summed E-state index contributed by atoms with van der Waals surface area (Å²) < 4.78 is 37.0. The van der Waals surface area contributed by atoms with Gasteiger partial charge in [0.05, 0.1) is 10.7 Å². The maximum Gasteiger partial charge on any atom is 0.405 e. The lowest BCUT2D eigenvalue weighted by molar-refractivity contribution is -0.119. The lowest BCUT2D eigenvalue weighted by Gasteiger charge is -2.23. The summed E-state index contributed by atoms with van der Waals surface area (Å²) in [6, 6.07) is 2.96. The molecule has 0 saturated carbocycles. The van der Waals surface area contributed by atoms with Crippen LogP contribution in [0, 0.1) is 0 Å². The Kier molecular flexibility index (Phi) is 4.59. The molecule has 0 aliphatic heterocycles. The number of nitrogens with zero attached hydrogens (tertiary/aromatic N) is 2. The number of rotatable bonds is 4. The van der Waals surface area contributed by atoms with E-state index in [-0.39, 0.29) is 18.9 Å². The monoisotopic (exact) mass is 267 g/mol. The van der Waals surface area contributed by atoms with E-state index >= 15 is 0 Å². The highest BCUT2D eigenvalue weighted by Crippen LogP contribution is 2.23. The van der Waals surface area contributed by atoms with Crippen LogP contribution in [-0.2, 0) is 6.54 Å². The van der Waals surface area contributed by atoms with Gasteiger partial charge in [0, 0.05) is 13.1 Å². The first-order valence-corrected chi connectivity index (χ1v) is 5.42. The van der Waals surface area contributed by atoms with E-state index in [0.717, 1.165) is 4.90 Å². The summed E-state index contributed by atoms with van der Waals surface area (Å²) in [5.74, 6) is 0.231. The predicted molar refractivity (Wildman–Crippen MR) is 61.1 cm³/mol. The molecule has 0 amide bonds. The van der Waals surface area contributed by atoms with Gasteiger partial charge in [-0.15, -0.1) is 0 Å². The van der Waals surface area contributed by atoms with Gasteiger partial charge in [0.25, 0.3) is 0 Å². The van der Waals surface area contributed by atoms with Crippen molar-refractivity contribution < 1.29 is 13.2 Å². The summed E-state index contributed by atoms with van der Waals surface area (Å²) in [4.78, 5) is 5.14. The number of pyridine rings is 1. The summed E-state index contributed by atoms with van der Waals surface area (Å²) >= 11 is 5.79. The molecule has 1 heterocycles. The fraction of sp³-hybridized carbons (Fsp3) is 0.500. The van der Waals surface area contributed by atoms with Crippen molar-refractivity contribution in [3.05, 3.63) is 22.8 Å². The number of alkyl halides is 3. The number of hydrogen-bond donors (Lipinski definition) is 1. The molecule has 96 valence electrons. The second-order valence-corrected chi connectivity index (χ2v) is 3.84. The molecule has 17 heavy (non-hydrogen) atoms. The average molecular weight is 268 g/mol. The Labute approximate surface area is 102 Å². The van der Waals surface area contributed by atoms with Crippen LogP contribution in [0.15, 0.2) is 12.1 Å². The van der Waals surface area contributed by atoms with E-state index in [0.29, 0.717) is 10.7 Å². The fourth-order valence-corrected chi connectivity index (χ4v) is 1.55. The molecule has 0 unspecified atom stereocenters. The van der Waals surface area contributed by atoms with E-state index < -0.39 is 12.7 Å². The molecule has 1 aromatic rings. The van der Waals surface area contributed by atoms with Crippen LogP contribution in [0.25, 0.3) is 0 Å². The van der Waals surface area contributed by atoms with Crippen LogP contribution in [0.5, 0.6) is 0 Å². The summed E-state index contributed by atoms with van der Waals surface area (Å²) in [6.45, 7) is 0.890. The van der Waals surface area contributed by atoms with Gasteiger partial charge in [-0.25, -0.2) is 4.98 Å². The average Bonchev–Trinajstić information content (AvgIpc) is 2.25. The summed E-state index contributed by atoms with van der Waals surface area (Å²) in [7, 11) is 0. The van der Waals surface area contributed by atoms with E-state index in [1.54, 1.807) is 6.92 Å². The fourth-order valence-electron chi connectivity index (χ4n) is 1.36. The zero-order valence-electron chi connectivity index (χ0n) is 9.26. The normalized spacial score (nSPS) is 11.6. The number of aromatic nitrogens is 1. The Hall–Kier alpha value is -1.01. The minimum absolute atomic E-state index is 0.0935. The topological polar surface area (TPSA) is 42.1 Å². The van der Waals surface area contributed by atoms with Gasteiger partial charge in [-0.05, 0) is 19.1 Å². The Morgan fingerprint density at radius 3 is 2.53 bits per heavy atom. The molecule has 1 rings (SSSR count). The standard InChI is InChI=1S/C10H13ClF3N3/c1-2-17(6-10(12,13)14)9-4-3-7(11)8(5-15)16-9/h3-4H,2,5-6,15H2,1H3. The maximum atomic E-state index is 12.3. The van der Waals surface area contributed by atoms with Crippen LogP contribution < -0.4 is 10.6 Å². The van der Waals surface area contributed by atoms with E-state index in [1.165, 1.54) is 12.1 Å². The Balaban J connectivity index is 2.96. The lowest BCUT2D eigenvalue weighted by atomic mass is 10.3. The molecule has 3 nitrogen and oxygen atoms in total. The first-order chi connectivity index (χ1) is 7.87. The van der Waals surface area contributed by atoms with Crippen molar-refractivity contribution in [1.82, 2.24) is 4.98 Å². The second-order valence-electron chi connectivity index (χ2n) is 3.43. The molecule has 0 radical (unpaired) electrons. The van der Waals surface area contributed by atoms with Crippen molar-refractivity contribution in [2.24, 2.45) is 5.73 Å². The van der Waals surface area contributed by atoms with Crippen LogP contribution in [-0.4, -0.2) is 24.2 Å². The lowest BCUT2D eigenvalue weighted by Crippen LogP contribution is -2.34. The van der Waals surface area contributed by atoms with Gasteiger partial charge in [-0.2, -0.15) is 13.2 Å². The highest BCUT2D eigenvalue weighted by molar-refractivity contribution is 6.31. The zero-order valence-corrected chi connectivity index (χ0v) is 10.0. The molecule has 0 aliphatic rings. The van der Waals surface area contributed by atoms with Gasteiger partial charge in [0.15, 0.2) is 0 Å². The van der Waals surface area contributed by atoms with E-state index in [1.807, 2.05) is 0 Å². The third kappa shape index (κ3) is 4.05. The summed E-state index contributed by atoms with van der Waals surface area (Å²) in [5.41, 5.74) is 5.79. The molecule has 0 aliphatic carbocycles. The molecular formula is C10H13ClF3N3. The van der Waals surface area contributed by atoms with E-state index in [4.69, 9.17) is 17.3 Å². The van der Waals surface area contributed by atoms with Gasteiger partial charge in [-0.3, -0.25) is 0 Å². The van der Waals surface area contributed by atoms with Crippen LogP contribution in [0.2, 0.25) is 5.02 Å². The van der Waals surface area contributed by atoms with E-state index in [2.05, 4.69) is 4.98 Å². The molecule has 0 aromatic carbocycles. The Morgan fingerprint density at radius 2 is 2.06 bits per heavy atom. The second kappa shape index (κ2) is 5.55. The third-order valence-electron chi connectivity index (χ3n) is 2.17. The Bertz CT molecular complexity index is 382. The minimum atomic E-state index is -4.26. The third-order valence-corrected chi connectivity index (χ3v) is 2.52. The minimum Gasteiger partial charge on any atom is -0.348 e.